The average molecular weight is 472 g/mol. The molecule has 3 fully saturated rings. The van der Waals surface area contributed by atoms with Crippen molar-refractivity contribution in [3.8, 4) is 5.75 Å². The van der Waals surface area contributed by atoms with Crippen molar-refractivity contribution in [2.24, 2.45) is 5.41 Å². The quantitative estimate of drug-likeness (QED) is 0.635. The van der Waals surface area contributed by atoms with Crippen LogP contribution in [0.5, 0.6) is 5.75 Å². The number of carbonyl (C=O) groups is 1. The third-order valence-electron chi connectivity index (χ3n) is 7.33. The van der Waals surface area contributed by atoms with E-state index in [0.717, 1.165) is 25.8 Å². The summed E-state index contributed by atoms with van der Waals surface area (Å²) in [4.78, 5) is 18.6. The Hall–Kier alpha value is -2.04. The molecule has 1 spiro atoms. The Kier molecular flexibility index (Phi) is 7.07. The first-order valence-electron chi connectivity index (χ1n) is 11.6. The van der Waals surface area contributed by atoms with E-state index in [1.807, 2.05) is 4.90 Å². The number of rotatable bonds is 7. The minimum absolute atomic E-state index is 0.0742. The monoisotopic (exact) mass is 471 g/mol. The summed E-state index contributed by atoms with van der Waals surface area (Å²) in [6, 6.07) is 5.44. The fourth-order valence-corrected chi connectivity index (χ4v) is 5.06. The van der Waals surface area contributed by atoms with Crippen LogP contribution in [0, 0.1) is 5.41 Å². The molecule has 1 aromatic carbocycles. The lowest BCUT2D eigenvalue weighted by atomic mass is 9.90. The second-order valence-corrected chi connectivity index (χ2v) is 9.42. The van der Waals surface area contributed by atoms with Crippen molar-refractivity contribution in [1.82, 2.24) is 9.80 Å². The van der Waals surface area contributed by atoms with E-state index >= 15 is 0 Å². The summed E-state index contributed by atoms with van der Waals surface area (Å²) >= 11 is 0. The summed E-state index contributed by atoms with van der Waals surface area (Å²) in [6.45, 7) is 3.30. The first kappa shape index (κ1) is 24.1. The third-order valence-corrected chi connectivity index (χ3v) is 7.33. The molecule has 2 heterocycles. The summed E-state index contributed by atoms with van der Waals surface area (Å²) in [5, 5.41) is 20.4. The Morgan fingerprint density at radius 2 is 1.94 bits per heavy atom. The van der Waals surface area contributed by atoms with Gasteiger partial charge in [0, 0.05) is 50.9 Å². The third kappa shape index (κ3) is 5.91. The molecule has 184 valence electrons. The van der Waals surface area contributed by atoms with Crippen LogP contribution in [0.4, 0.5) is 18.9 Å². The number of ether oxygens (including phenoxy) is 1. The number of β-amino-alcohol motifs (C(OH)–C–C–N with tert-alkyl or cyclic N) is 1. The van der Waals surface area contributed by atoms with Gasteiger partial charge in [0.1, 0.15) is 5.75 Å². The van der Waals surface area contributed by atoms with Gasteiger partial charge in [-0.05, 0) is 49.8 Å². The van der Waals surface area contributed by atoms with Gasteiger partial charge >= 0.3 is 6.36 Å². The first-order chi connectivity index (χ1) is 15.7. The lowest BCUT2D eigenvalue weighted by Crippen LogP contribution is -2.48. The Morgan fingerprint density at radius 3 is 2.61 bits per heavy atom. The van der Waals surface area contributed by atoms with E-state index in [1.54, 1.807) is 11.0 Å². The number of benzene rings is 1. The summed E-state index contributed by atoms with van der Waals surface area (Å²) < 4.78 is 41.7. The number of aliphatic hydroxyl groups is 2. The van der Waals surface area contributed by atoms with E-state index in [-0.39, 0.29) is 42.2 Å². The topological polar surface area (TPSA) is 76.5 Å². The largest absolute Gasteiger partial charge is 0.573 e. The van der Waals surface area contributed by atoms with E-state index in [2.05, 4.69) is 9.64 Å². The second kappa shape index (κ2) is 9.68. The molecule has 4 rings (SSSR count). The van der Waals surface area contributed by atoms with Gasteiger partial charge in [-0.15, -0.1) is 13.2 Å². The lowest BCUT2D eigenvalue weighted by Gasteiger charge is -2.38. The van der Waals surface area contributed by atoms with Gasteiger partial charge < -0.3 is 29.6 Å². The number of halogens is 3. The van der Waals surface area contributed by atoms with Crippen molar-refractivity contribution in [3.63, 3.8) is 0 Å². The lowest BCUT2D eigenvalue weighted by molar-refractivity contribution is -0.274. The van der Waals surface area contributed by atoms with Crippen LogP contribution in [0.15, 0.2) is 24.3 Å². The van der Waals surface area contributed by atoms with Crippen LogP contribution >= 0.6 is 0 Å². The van der Waals surface area contributed by atoms with Crippen LogP contribution in [-0.2, 0) is 4.79 Å². The molecular weight excluding hydrogens is 439 g/mol. The van der Waals surface area contributed by atoms with Gasteiger partial charge in [-0.25, -0.2) is 0 Å². The molecule has 0 bridgehead atoms. The number of hydrogen-bond donors (Lipinski definition) is 2. The molecule has 2 saturated heterocycles. The number of aliphatic hydroxyl groups excluding tert-OH is 2. The van der Waals surface area contributed by atoms with E-state index in [1.165, 1.54) is 18.2 Å². The molecule has 7 nitrogen and oxygen atoms in total. The molecule has 0 unspecified atom stereocenters. The van der Waals surface area contributed by atoms with Crippen molar-refractivity contribution < 1.29 is 32.9 Å². The van der Waals surface area contributed by atoms with Crippen molar-refractivity contribution in [2.45, 2.75) is 50.6 Å². The summed E-state index contributed by atoms with van der Waals surface area (Å²) in [6.07, 6.45) is -1.04. The molecule has 0 radical (unpaired) electrons. The second-order valence-electron chi connectivity index (χ2n) is 9.42. The van der Waals surface area contributed by atoms with Crippen molar-refractivity contribution in [2.75, 3.05) is 50.8 Å². The van der Waals surface area contributed by atoms with Crippen LogP contribution in [0.25, 0.3) is 0 Å². The molecule has 0 aromatic heterocycles. The number of alkyl halides is 3. The maximum absolute atomic E-state index is 12.8. The summed E-state index contributed by atoms with van der Waals surface area (Å²) in [5.41, 5.74) is 0.697. The minimum atomic E-state index is -4.76. The van der Waals surface area contributed by atoms with Crippen LogP contribution < -0.4 is 9.64 Å². The van der Waals surface area contributed by atoms with Crippen LogP contribution in [-0.4, -0.2) is 90.3 Å². The highest BCUT2D eigenvalue weighted by atomic mass is 19.4. The number of anilines is 1. The van der Waals surface area contributed by atoms with Crippen molar-refractivity contribution in [1.29, 1.82) is 0 Å². The highest BCUT2D eigenvalue weighted by Crippen LogP contribution is 2.53. The maximum atomic E-state index is 12.8. The van der Waals surface area contributed by atoms with Gasteiger partial charge in [-0.1, -0.05) is 6.07 Å². The van der Waals surface area contributed by atoms with E-state index in [4.69, 9.17) is 0 Å². The predicted molar refractivity (Wildman–Crippen MR) is 116 cm³/mol. The molecule has 2 N–H and O–H groups in total. The molecular formula is C23H32F3N3O4. The fourth-order valence-electron chi connectivity index (χ4n) is 5.06. The molecule has 1 amide bonds. The first-order valence-corrected chi connectivity index (χ1v) is 11.6. The summed E-state index contributed by atoms with van der Waals surface area (Å²) in [7, 11) is 0. The predicted octanol–water partition coefficient (Wildman–Crippen LogP) is 2.22. The number of carbonyl (C=O) groups excluding carboxylic acids is 1. The molecule has 1 aliphatic carbocycles. The Morgan fingerprint density at radius 1 is 1.15 bits per heavy atom. The molecule has 10 heteroatoms. The fraction of sp³-hybridized carbons (Fsp3) is 0.696. The summed E-state index contributed by atoms with van der Waals surface area (Å²) in [5.74, 6) is -0.368. The van der Waals surface area contributed by atoms with Gasteiger partial charge in [0.15, 0.2) is 0 Å². The van der Waals surface area contributed by atoms with Gasteiger partial charge in [0.2, 0.25) is 5.91 Å². The zero-order valence-corrected chi connectivity index (χ0v) is 18.6. The van der Waals surface area contributed by atoms with Gasteiger partial charge in [-0.2, -0.15) is 0 Å². The Balaban J connectivity index is 1.33. The highest BCUT2D eigenvalue weighted by molar-refractivity contribution is 5.78. The number of likely N-dealkylation sites (tertiary alicyclic amines) is 1. The zero-order chi connectivity index (χ0) is 23.6. The minimum Gasteiger partial charge on any atom is -0.406 e. The number of nitrogens with zero attached hydrogens (tertiary/aromatic N) is 3. The molecule has 2 aliphatic heterocycles. The average Bonchev–Trinajstić information content (AvgIpc) is 3.56. The molecule has 2 atom stereocenters. The number of piperidine rings is 1. The van der Waals surface area contributed by atoms with Crippen molar-refractivity contribution in [3.05, 3.63) is 24.3 Å². The van der Waals surface area contributed by atoms with Crippen LogP contribution in [0.3, 0.4) is 0 Å². The molecule has 1 aromatic rings. The maximum Gasteiger partial charge on any atom is 0.573 e. The standard InChI is InChI=1S/C23H32F3N3O4/c24-23(25,26)33-19-3-1-2-17(14-19)28-10-5-21(32)29(13-12-28)18(16-30)4-9-27-11-8-22(6-7-22)20(31)15-27/h1-3,14,18,20,30-31H,4-13,15-16H2/t18-,20+/m0/s1. The number of amides is 1. The van der Waals surface area contributed by atoms with E-state index < -0.39 is 6.36 Å². The van der Waals surface area contributed by atoms with Gasteiger partial charge in [0.05, 0.1) is 18.8 Å². The Bertz CT molecular complexity index is 833. The van der Waals surface area contributed by atoms with Crippen LogP contribution in [0.2, 0.25) is 0 Å². The SMILES string of the molecule is O=C1CCN(c2cccc(OC(F)(F)F)c2)CCN1[C@H](CO)CCN1CCC2(CC2)[C@H](O)C1. The zero-order valence-electron chi connectivity index (χ0n) is 18.6. The molecule has 33 heavy (non-hydrogen) atoms. The van der Waals surface area contributed by atoms with Crippen molar-refractivity contribution >= 4 is 11.6 Å². The Labute approximate surface area is 191 Å². The molecule has 1 saturated carbocycles. The van der Waals surface area contributed by atoms with E-state index in [9.17, 15) is 28.2 Å². The number of hydrogen-bond acceptors (Lipinski definition) is 6. The van der Waals surface area contributed by atoms with Crippen LogP contribution in [0.1, 0.15) is 32.1 Å². The molecule has 3 aliphatic rings. The normalized spacial score (nSPS) is 24.6. The van der Waals surface area contributed by atoms with Gasteiger partial charge in [0.25, 0.3) is 0 Å². The van der Waals surface area contributed by atoms with Gasteiger partial charge in [-0.3, -0.25) is 4.79 Å². The highest BCUT2D eigenvalue weighted by Gasteiger charge is 2.51. The smallest absolute Gasteiger partial charge is 0.406 e. The van der Waals surface area contributed by atoms with E-state index in [0.29, 0.717) is 44.8 Å².